The number of rotatable bonds is 6. The van der Waals surface area contributed by atoms with E-state index in [1.54, 1.807) is 6.07 Å². The second kappa shape index (κ2) is 7.13. The first kappa shape index (κ1) is 13.8. The summed E-state index contributed by atoms with van der Waals surface area (Å²) in [5.41, 5.74) is 1.09. The number of benzene rings is 1. The average molecular weight is 262 g/mol. The minimum atomic E-state index is 0.219. The highest BCUT2D eigenvalue weighted by Gasteiger charge is 2.06. The van der Waals surface area contributed by atoms with Crippen LogP contribution in [0, 0.1) is 0 Å². The van der Waals surface area contributed by atoms with E-state index in [0.29, 0.717) is 10.0 Å². The van der Waals surface area contributed by atoms with Gasteiger partial charge in [0.1, 0.15) is 0 Å². The molecule has 90 valence electrons. The molecular weight excluding hydrogens is 245 g/mol. The van der Waals surface area contributed by atoms with Crippen molar-refractivity contribution >= 4 is 23.2 Å². The van der Waals surface area contributed by atoms with Crippen molar-refractivity contribution < 1.29 is 4.74 Å². The second-order valence-electron chi connectivity index (χ2n) is 3.58. The Morgan fingerprint density at radius 1 is 1.25 bits per heavy atom. The number of hydrogen-bond acceptors (Lipinski definition) is 2. The van der Waals surface area contributed by atoms with Crippen molar-refractivity contribution in [3.05, 3.63) is 33.8 Å². The third kappa shape index (κ3) is 4.71. The summed E-state index contributed by atoms with van der Waals surface area (Å²) in [4.78, 5) is 0. The highest BCUT2D eigenvalue weighted by atomic mass is 35.5. The van der Waals surface area contributed by atoms with Gasteiger partial charge >= 0.3 is 0 Å². The van der Waals surface area contributed by atoms with E-state index in [1.165, 1.54) is 0 Å². The predicted molar refractivity (Wildman–Crippen MR) is 69.4 cm³/mol. The molecule has 0 spiro atoms. The summed E-state index contributed by atoms with van der Waals surface area (Å²) in [6, 6.07) is 5.80. The van der Waals surface area contributed by atoms with Gasteiger partial charge in [-0.1, -0.05) is 23.2 Å². The molecule has 1 N–H and O–H groups in total. The summed E-state index contributed by atoms with van der Waals surface area (Å²) in [6.45, 7) is 6.35. The minimum Gasteiger partial charge on any atom is -0.380 e. The van der Waals surface area contributed by atoms with Crippen molar-refractivity contribution in [3.63, 3.8) is 0 Å². The Balaban J connectivity index is 2.48. The van der Waals surface area contributed by atoms with Crippen molar-refractivity contribution in [2.24, 2.45) is 0 Å². The molecule has 4 heteroatoms. The lowest BCUT2D eigenvalue weighted by Crippen LogP contribution is -2.23. The van der Waals surface area contributed by atoms with Gasteiger partial charge in [-0.2, -0.15) is 0 Å². The molecule has 1 aromatic rings. The Bertz CT molecular complexity index is 311. The van der Waals surface area contributed by atoms with Gasteiger partial charge in [0.05, 0.1) is 6.61 Å². The van der Waals surface area contributed by atoms with Gasteiger partial charge in [0.25, 0.3) is 0 Å². The molecule has 0 amide bonds. The van der Waals surface area contributed by atoms with Gasteiger partial charge < -0.3 is 10.1 Å². The summed E-state index contributed by atoms with van der Waals surface area (Å²) in [6.07, 6.45) is 0. The molecule has 0 saturated heterocycles. The molecule has 0 aromatic heterocycles. The van der Waals surface area contributed by atoms with Crippen LogP contribution in [0.25, 0.3) is 0 Å². The maximum absolute atomic E-state index is 5.94. The maximum atomic E-state index is 5.94. The quantitative estimate of drug-likeness (QED) is 0.789. The zero-order chi connectivity index (χ0) is 12.0. The fourth-order valence-corrected chi connectivity index (χ4v) is 1.98. The molecule has 0 radical (unpaired) electrons. The average Bonchev–Trinajstić information content (AvgIpc) is 2.22. The molecule has 0 saturated carbocycles. The number of nitrogens with one attached hydrogen (secondary N) is 1. The van der Waals surface area contributed by atoms with E-state index in [2.05, 4.69) is 12.2 Å². The van der Waals surface area contributed by atoms with Gasteiger partial charge in [0, 0.05) is 29.2 Å². The van der Waals surface area contributed by atoms with Crippen LogP contribution in [0.15, 0.2) is 18.2 Å². The SMILES string of the molecule is CCOCCNC(C)c1cc(Cl)cc(Cl)c1. The zero-order valence-corrected chi connectivity index (χ0v) is 11.1. The molecule has 1 rings (SSSR count). The monoisotopic (exact) mass is 261 g/mol. The highest BCUT2D eigenvalue weighted by Crippen LogP contribution is 2.23. The van der Waals surface area contributed by atoms with Gasteiger partial charge in [0.2, 0.25) is 0 Å². The van der Waals surface area contributed by atoms with Crippen LogP contribution in [0.1, 0.15) is 25.5 Å². The molecule has 1 aromatic carbocycles. The summed E-state index contributed by atoms with van der Waals surface area (Å²) in [7, 11) is 0. The van der Waals surface area contributed by atoms with Crippen LogP contribution in [-0.4, -0.2) is 19.8 Å². The molecule has 0 aliphatic rings. The molecule has 0 aliphatic heterocycles. The second-order valence-corrected chi connectivity index (χ2v) is 4.45. The lowest BCUT2D eigenvalue weighted by Gasteiger charge is -2.14. The van der Waals surface area contributed by atoms with Crippen molar-refractivity contribution in [2.75, 3.05) is 19.8 Å². The molecule has 0 bridgehead atoms. The summed E-state index contributed by atoms with van der Waals surface area (Å²) >= 11 is 11.9. The van der Waals surface area contributed by atoms with Crippen molar-refractivity contribution in [1.82, 2.24) is 5.32 Å². The summed E-state index contributed by atoms with van der Waals surface area (Å²) < 4.78 is 5.25. The molecule has 1 unspecified atom stereocenters. The molecule has 0 fully saturated rings. The number of halogens is 2. The van der Waals surface area contributed by atoms with E-state index in [-0.39, 0.29) is 6.04 Å². The Morgan fingerprint density at radius 2 is 1.88 bits per heavy atom. The Hall–Kier alpha value is -0.280. The van der Waals surface area contributed by atoms with E-state index in [9.17, 15) is 0 Å². The Morgan fingerprint density at radius 3 is 2.44 bits per heavy atom. The number of hydrogen-bond donors (Lipinski definition) is 1. The standard InChI is InChI=1S/C12H17Cl2NO/c1-3-16-5-4-15-9(2)10-6-11(13)8-12(14)7-10/h6-9,15H,3-5H2,1-2H3. The van der Waals surface area contributed by atoms with E-state index in [0.717, 1.165) is 25.3 Å². The van der Waals surface area contributed by atoms with Crippen LogP contribution < -0.4 is 5.32 Å². The zero-order valence-electron chi connectivity index (χ0n) is 9.59. The van der Waals surface area contributed by atoms with Crippen LogP contribution in [0.2, 0.25) is 10.0 Å². The third-order valence-corrected chi connectivity index (χ3v) is 2.72. The maximum Gasteiger partial charge on any atom is 0.0590 e. The molecule has 0 aliphatic carbocycles. The largest absolute Gasteiger partial charge is 0.380 e. The van der Waals surface area contributed by atoms with Crippen molar-refractivity contribution in [3.8, 4) is 0 Å². The topological polar surface area (TPSA) is 21.3 Å². The van der Waals surface area contributed by atoms with Gasteiger partial charge in [-0.3, -0.25) is 0 Å². The van der Waals surface area contributed by atoms with Gasteiger partial charge in [-0.05, 0) is 37.6 Å². The van der Waals surface area contributed by atoms with Crippen LogP contribution in [-0.2, 0) is 4.74 Å². The van der Waals surface area contributed by atoms with Gasteiger partial charge in [0.15, 0.2) is 0 Å². The van der Waals surface area contributed by atoms with E-state index >= 15 is 0 Å². The molecule has 0 heterocycles. The van der Waals surface area contributed by atoms with Crippen LogP contribution >= 0.6 is 23.2 Å². The molecule has 2 nitrogen and oxygen atoms in total. The van der Waals surface area contributed by atoms with E-state index < -0.39 is 0 Å². The number of ether oxygens (including phenoxy) is 1. The van der Waals surface area contributed by atoms with Crippen LogP contribution in [0.4, 0.5) is 0 Å². The Labute approximate surface area is 107 Å². The fraction of sp³-hybridized carbons (Fsp3) is 0.500. The smallest absolute Gasteiger partial charge is 0.0590 e. The van der Waals surface area contributed by atoms with E-state index in [1.807, 2.05) is 19.1 Å². The normalized spacial score (nSPS) is 12.8. The lowest BCUT2D eigenvalue weighted by molar-refractivity contribution is 0.147. The third-order valence-electron chi connectivity index (χ3n) is 2.29. The first-order valence-corrected chi connectivity index (χ1v) is 6.16. The summed E-state index contributed by atoms with van der Waals surface area (Å²) in [5.74, 6) is 0. The predicted octanol–water partition coefficient (Wildman–Crippen LogP) is 3.68. The highest BCUT2D eigenvalue weighted by molar-refractivity contribution is 6.34. The van der Waals surface area contributed by atoms with E-state index in [4.69, 9.17) is 27.9 Å². The molecule has 16 heavy (non-hydrogen) atoms. The lowest BCUT2D eigenvalue weighted by atomic mass is 10.1. The van der Waals surface area contributed by atoms with Crippen LogP contribution in [0.3, 0.4) is 0 Å². The van der Waals surface area contributed by atoms with Crippen molar-refractivity contribution in [2.45, 2.75) is 19.9 Å². The summed E-state index contributed by atoms with van der Waals surface area (Å²) in [5, 5.41) is 4.68. The first-order chi connectivity index (χ1) is 7.63. The fourth-order valence-electron chi connectivity index (χ4n) is 1.43. The van der Waals surface area contributed by atoms with Crippen LogP contribution in [0.5, 0.6) is 0 Å². The molecular formula is C12H17Cl2NO. The van der Waals surface area contributed by atoms with Gasteiger partial charge in [-0.15, -0.1) is 0 Å². The first-order valence-electron chi connectivity index (χ1n) is 5.40. The molecule has 1 atom stereocenters. The van der Waals surface area contributed by atoms with Gasteiger partial charge in [-0.25, -0.2) is 0 Å². The Kier molecular flexibility index (Phi) is 6.14. The van der Waals surface area contributed by atoms with Crippen molar-refractivity contribution in [1.29, 1.82) is 0 Å². The minimum absolute atomic E-state index is 0.219.